The van der Waals surface area contributed by atoms with E-state index in [0.29, 0.717) is 17.5 Å². The molecule has 0 bridgehead atoms. The Morgan fingerprint density at radius 2 is 0.737 bits per heavy atom. The van der Waals surface area contributed by atoms with Gasteiger partial charge in [0.25, 0.3) is 0 Å². The van der Waals surface area contributed by atoms with Gasteiger partial charge in [-0.3, -0.25) is 0 Å². The molecular weight excluding hydrogens is 693 g/mol. The first-order valence-electron chi connectivity index (χ1n) is 19.3. The first-order chi connectivity index (χ1) is 28.2. The molecule has 0 aliphatic rings. The molecule has 0 N–H and O–H groups in total. The third kappa shape index (κ3) is 5.83. The van der Waals surface area contributed by atoms with Gasteiger partial charge in [0, 0.05) is 33.2 Å². The van der Waals surface area contributed by atoms with Crippen LogP contribution in [0.2, 0.25) is 0 Å². The van der Waals surface area contributed by atoms with Crippen LogP contribution in [-0.2, 0) is 0 Å². The minimum Gasteiger partial charge on any atom is -0.309 e. The van der Waals surface area contributed by atoms with Gasteiger partial charge in [0.2, 0.25) is 0 Å². The summed E-state index contributed by atoms with van der Waals surface area (Å²) in [6.45, 7) is 0. The van der Waals surface area contributed by atoms with Crippen LogP contribution in [0, 0.1) is 0 Å². The topological polar surface area (TPSA) is 43.6 Å². The Morgan fingerprint density at radius 1 is 0.281 bits per heavy atom. The fraction of sp³-hybridized carbons (Fsp3) is 0. The van der Waals surface area contributed by atoms with Crippen molar-refractivity contribution < 1.29 is 0 Å². The fourth-order valence-corrected chi connectivity index (χ4v) is 8.19. The van der Waals surface area contributed by atoms with Gasteiger partial charge in [-0.2, -0.15) is 0 Å². The largest absolute Gasteiger partial charge is 0.309 e. The van der Waals surface area contributed by atoms with Gasteiger partial charge in [-0.05, 0) is 98.4 Å². The Kier molecular flexibility index (Phi) is 7.78. The van der Waals surface area contributed by atoms with E-state index >= 15 is 0 Å². The molecule has 0 saturated carbocycles. The van der Waals surface area contributed by atoms with E-state index in [1.54, 1.807) is 0 Å². The van der Waals surface area contributed by atoms with Crippen molar-refractivity contribution >= 4 is 43.4 Å². The van der Waals surface area contributed by atoms with Crippen LogP contribution >= 0.6 is 0 Å². The van der Waals surface area contributed by atoms with Gasteiger partial charge in [-0.15, -0.1) is 0 Å². The van der Waals surface area contributed by atoms with Crippen LogP contribution in [0.4, 0.5) is 0 Å². The molecule has 0 aliphatic heterocycles. The van der Waals surface area contributed by atoms with Crippen molar-refractivity contribution in [3.63, 3.8) is 0 Å². The average Bonchev–Trinajstić information content (AvgIpc) is 3.64. The molecule has 4 heteroatoms. The van der Waals surface area contributed by atoms with E-state index in [0.717, 1.165) is 22.4 Å². The van der Waals surface area contributed by atoms with Gasteiger partial charge in [0.1, 0.15) is 0 Å². The normalized spacial score (nSPS) is 11.5. The average molecular weight is 727 g/mol. The minimum absolute atomic E-state index is 0.640. The van der Waals surface area contributed by atoms with E-state index in [-0.39, 0.29) is 0 Å². The maximum Gasteiger partial charge on any atom is 0.164 e. The number of hydrogen-bond acceptors (Lipinski definition) is 3. The minimum atomic E-state index is 0.640. The predicted octanol–water partition coefficient (Wildman–Crippen LogP) is 13.6. The highest BCUT2D eigenvalue weighted by Crippen LogP contribution is 2.39. The number of fused-ring (bicyclic) bond motifs is 6. The molecule has 0 unspecified atom stereocenters. The highest BCUT2D eigenvalue weighted by atomic mass is 15.0. The number of hydrogen-bond donors (Lipinski definition) is 0. The lowest BCUT2D eigenvalue weighted by Gasteiger charge is -2.11. The summed E-state index contributed by atoms with van der Waals surface area (Å²) >= 11 is 0. The second-order valence-corrected chi connectivity index (χ2v) is 14.5. The third-order valence-electron chi connectivity index (χ3n) is 11.0. The molecule has 0 atom stereocenters. The first kappa shape index (κ1) is 32.7. The summed E-state index contributed by atoms with van der Waals surface area (Å²) in [5.41, 5.74) is 11.1. The zero-order chi connectivity index (χ0) is 37.7. The Morgan fingerprint density at radius 3 is 1.35 bits per heavy atom. The quantitative estimate of drug-likeness (QED) is 0.171. The van der Waals surface area contributed by atoms with Crippen LogP contribution in [0.3, 0.4) is 0 Å². The second kappa shape index (κ2) is 13.6. The molecule has 2 heterocycles. The number of rotatable bonds is 6. The van der Waals surface area contributed by atoms with Gasteiger partial charge < -0.3 is 4.57 Å². The van der Waals surface area contributed by atoms with Gasteiger partial charge in [-0.25, -0.2) is 15.0 Å². The van der Waals surface area contributed by atoms with Gasteiger partial charge in [-0.1, -0.05) is 152 Å². The molecule has 2 aromatic heterocycles. The van der Waals surface area contributed by atoms with Crippen LogP contribution in [-0.4, -0.2) is 19.5 Å². The van der Waals surface area contributed by atoms with Gasteiger partial charge in [0.05, 0.1) is 11.0 Å². The van der Waals surface area contributed by atoms with E-state index < -0.39 is 0 Å². The molecule has 0 fully saturated rings. The molecule has 11 rings (SSSR count). The van der Waals surface area contributed by atoms with E-state index in [4.69, 9.17) is 15.0 Å². The molecule has 0 radical (unpaired) electrons. The van der Waals surface area contributed by atoms with Gasteiger partial charge >= 0.3 is 0 Å². The maximum absolute atomic E-state index is 4.96. The van der Waals surface area contributed by atoms with Crippen molar-refractivity contribution in [2.24, 2.45) is 0 Å². The van der Waals surface area contributed by atoms with Crippen LogP contribution in [0.15, 0.2) is 206 Å². The Labute approximate surface area is 330 Å². The Hall–Kier alpha value is -7.69. The third-order valence-corrected chi connectivity index (χ3v) is 11.0. The molecular formula is C53H34N4. The molecule has 9 aromatic carbocycles. The fourth-order valence-electron chi connectivity index (χ4n) is 8.19. The van der Waals surface area contributed by atoms with Crippen LogP contribution < -0.4 is 0 Å². The molecule has 4 nitrogen and oxygen atoms in total. The molecule has 0 spiro atoms. The lowest BCUT2D eigenvalue weighted by Crippen LogP contribution is -2.00. The van der Waals surface area contributed by atoms with Crippen molar-refractivity contribution in [3.8, 4) is 62.1 Å². The van der Waals surface area contributed by atoms with Crippen molar-refractivity contribution in [1.29, 1.82) is 0 Å². The van der Waals surface area contributed by atoms with Crippen LogP contribution in [0.5, 0.6) is 0 Å². The number of para-hydroxylation sites is 1. The monoisotopic (exact) mass is 726 g/mol. The summed E-state index contributed by atoms with van der Waals surface area (Å²) in [6, 6.07) is 73.0. The van der Waals surface area contributed by atoms with Crippen molar-refractivity contribution in [1.82, 2.24) is 19.5 Å². The van der Waals surface area contributed by atoms with E-state index in [2.05, 4.69) is 150 Å². The summed E-state index contributed by atoms with van der Waals surface area (Å²) in [7, 11) is 0. The highest BCUT2D eigenvalue weighted by molar-refractivity contribution is 6.21. The van der Waals surface area contributed by atoms with Crippen LogP contribution in [0.1, 0.15) is 0 Å². The van der Waals surface area contributed by atoms with E-state index in [1.807, 2.05) is 60.7 Å². The smallest absolute Gasteiger partial charge is 0.164 e. The van der Waals surface area contributed by atoms with Crippen LogP contribution in [0.25, 0.3) is 105 Å². The number of benzene rings is 9. The first-order valence-corrected chi connectivity index (χ1v) is 19.3. The Balaban J connectivity index is 0.990. The van der Waals surface area contributed by atoms with Crippen molar-refractivity contribution in [2.75, 3.05) is 0 Å². The molecule has 266 valence electrons. The molecule has 57 heavy (non-hydrogen) atoms. The van der Waals surface area contributed by atoms with Gasteiger partial charge in [0.15, 0.2) is 17.5 Å². The zero-order valence-electron chi connectivity index (χ0n) is 30.9. The predicted molar refractivity (Wildman–Crippen MR) is 236 cm³/mol. The summed E-state index contributed by atoms with van der Waals surface area (Å²) in [5.74, 6) is 1.94. The molecule has 0 amide bonds. The second-order valence-electron chi connectivity index (χ2n) is 14.5. The van der Waals surface area contributed by atoms with Crippen molar-refractivity contribution in [3.05, 3.63) is 206 Å². The Bertz CT molecular complexity index is 3200. The molecule has 11 aromatic rings. The van der Waals surface area contributed by atoms with Crippen molar-refractivity contribution in [2.45, 2.75) is 0 Å². The lowest BCUT2D eigenvalue weighted by atomic mass is 9.95. The number of nitrogens with zero attached hydrogens (tertiary/aromatic N) is 4. The summed E-state index contributed by atoms with van der Waals surface area (Å²) in [6.07, 6.45) is 0. The summed E-state index contributed by atoms with van der Waals surface area (Å²) in [5, 5.41) is 7.41. The molecule has 0 aliphatic carbocycles. The molecule has 0 saturated heterocycles. The lowest BCUT2D eigenvalue weighted by molar-refractivity contribution is 1.07. The summed E-state index contributed by atoms with van der Waals surface area (Å²) in [4.78, 5) is 14.8. The zero-order valence-corrected chi connectivity index (χ0v) is 30.9. The number of aromatic nitrogens is 4. The SMILES string of the molecule is c1ccc(-c2ccc3ccc(-c4ccc5c(ccc6c5c5ccccc5n6-c5ccc(-c6nc(-c7ccccc7)nc(-c7ccccc7)n6)cc5)c4)cc3c2)cc1. The summed E-state index contributed by atoms with van der Waals surface area (Å²) < 4.78 is 2.37. The van der Waals surface area contributed by atoms with E-state index in [1.165, 1.54) is 65.6 Å². The standard InChI is InChI=1S/C53H34N4/c1-4-12-35(13-5-1)40-22-20-36-21-23-41(34-44(36)33-40)42-26-30-46-43(32-42)27-31-49-50(46)47-18-10-11-19-48(47)57(49)45-28-24-39(25-29-45)53-55-51(37-14-6-2-7-15-37)54-52(56-53)38-16-8-3-9-17-38/h1-34H. The highest BCUT2D eigenvalue weighted by Gasteiger charge is 2.17. The maximum atomic E-state index is 4.96. The van der Waals surface area contributed by atoms with E-state index in [9.17, 15) is 0 Å².